The van der Waals surface area contributed by atoms with Gasteiger partial charge in [0.1, 0.15) is 5.75 Å². The van der Waals surface area contributed by atoms with Gasteiger partial charge in [-0.05, 0) is 30.5 Å². The molecule has 1 aliphatic rings. The Bertz CT molecular complexity index is 609. The molecule has 0 radical (unpaired) electrons. The Morgan fingerprint density at radius 2 is 1.80 bits per heavy atom. The van der Waals surface area contributed by atoms with Crippen LogP contribution in [-0.2, 0) is 20.7 Å². The summed E-state index contributed by atoms with van der Waals surface area (Å²) in [4.78, 5) is 23.3. The van der Waals surface area contributed by atoms with E-state index >= 15 is 0 Å². The summed E-state index contributed by atoms with van der Waals surface area (Å²) >= 11 is 0. The summed E-state index contributed by atoms with van der Waals surface area (Å²) in [6.45, 7) is 0.716. The molecule has 0 saturated carbocycles. The van der Waals surface area contributed by atoms with Gasteiger partial charge in [0, 0.05) is 13.2 Å². The van der Waals surface area contributed by atoms with Crippen LogP contribution in [-0.4, -0.2) is 42.1 Å². The molecule has 0 unspecified atom stereocenters. The quantitative estimate of drug-likeness (QED) is 0.812. The fourth-order valence-corrected chi connectivity index (χ4v) is 2.73. The summed E-state index contributed by atoms with van der Waals surface area (Å²) < 4.78 is 45.3. The van der Waals surface area contributed by atoms with Gasteiger partial charge in [0.05, 0.1) is 18.4 Å². The van der Waals surface area contributed by atoms with Gasteiger partial charge < -0.3 is 19.9 Å². The number of halogens is 3. The van der Waals surface area contributed by atoms with Gasteiger partial charge in [0.2, 0.25) is 5.91 Å². The summed E-state index contributed by atoms with van der Waals surface area (Å²) in [7, 11) is 0. The van der Waals surface area contributed by atoms with E-state index in [4.69, 9.17) is 9.84 Å². The molecule has 1 saturated heterocycles. The number of carbonyl (C=O) groups excluding carboxylic acids is 1. The largest absolute Gasteiger partial charge is 0.573 e. The van der Waals surface area contributed by atoms with E-state index < -0.39 is 23.8 Å². The Morgan fingerprint density at radius 3 is 2.32 bits per heavy atom. The SMILES string of the molecule is O=C(O)CC1(NC(=O)Cc2ccc(OC(F)(F)F)cc2)CCOCC1. The number of benzene rings is 1. The zero-order valence-electron chi connectivity index (χ0n) is 13.3. The summed E-state index contributed by atoms with van der Waals surface area (Å²) in [5, 5.41) is 11.8. The molecule has 1 amide bonds. The van der Waals surface area contributed by atoms with Crippen LogP contribution in [0.2, 0.25) is 0 Å². The number of hydrogen-bond donors (Lipinski definition) is 2. The van der Waals surface area contributed by atoms with Crippen molar-refractivity contribution in [3.63, 3.8) is 0 Å². The molecule has 0 atom stereocenters. The van der Waals surface area contributed by atoms with Crippen LogP contribution < -0.4 is 10.1 Å². The van der Waals surface area contributed by atoms with Crippen LogP contribution >= 0.6 is 0 Å². The molecule has 0 spiro atoms. The van der Waals surface area contributed by atoms with Gasteiger partial charge in [-0.3, -0.25) is 9.59 Å². The molecule has 25 heavy (non-hydrogen) atoms. The van der Waals surface area contributed by atoms with Crippen LogP contribution in [0.5, 0.6) is 5.75 Å². The molecule has 0 bridgehead atoms. The lowest BCUT2D eigenvalue weighted by atomic mass is 9.86. The monoisotopic (exact) mass is 361 g/mol. The van der Waals surface area contributed by atoms with E-state index in [1.54, 1.807) is 0 Å². The Kier molecular flexibility index (Phi) is 5.89. The van der Waals surface area contributed by atoms with Crippen LogP contribution in [0.15, 0.2) is 24.3 Å². The lowest BCUT2D eigenvalue weighted by Crippen LogP contribution is -2.53. The molecular weight excluding hydrogens is 343 g/mol. The number of ether oxygens (including phenoxy) is 2. The molecule has 0 aliphatic carbocycles. The lowest BCUT2D eigenvalue weighted by Gasteiger charge is -2.36. The van der Waals surface area contributed by atoms with Crippen molar-refractivity contribution in [1.82, 2.24) is 5.32 Å². The Morgan fingerprint density at radius 1 is 1.20 bits per heavy atom. The maximum atomic E-state index is 12.2. The smallest absolute Gasteiger partial charge is 0.481 e. The number of alkyl halides is 3. The topological polar surface area (TPSA) is 84.9 Å². The fourth-order valence-electron chi connectivity index (χ4n) is 2.73. The number of amides is 1. The summed E-state index contributed by atoms with van der Waals surface area (Å²) in [5.41, 5.74) is -0.370. The fraction of sp³-hybridized carbons (Fsp3) is 0.500. The van der Waals surface area contributed by atoms with Gasteiger partial charge >= 0.3 is 12.3 Å². The van der Waals surface area contributed by atoms with Gasteiger partial charge in [0.25, 0.3) is 0 Å². The maximum absolute atomic E-state index is 12.2. The second kappa shape index (κ2) is 7.73. The van der Waals surface area contributed by atoms with Crippen molar-refractivity contribution >= 4 is 11.9 Å². The van der Waals surface area contributed by atoms with Gasteiger partial charge in [-0.2, -0.15) is 0 Å². The van der Waals surface area contributed by atoms with Crippen molar-refractivity contribution in [2.45, 2.75) is 37.6 Å². The minimum absolute atomic E-state index is 0.0749. The van der Waals surface area contributed by atoms with Crippen LogP contribution in [0.4, 0.5) is 13.2 Å². The zero-order valence-corrected chi connectivity index (χ0v) is 13.3. The second-order valence-electron chi connectivity index (χ2n) is 5.88. The number of carbonyl (C=O) groups is 2. The first-order valence-corrected chi connectivity index (χ1v) is 7.63. The van der Waals surface area contributed by atoms with Gasteiger partial charge in [-0.15, -0.1) is 13.2 Å². The van der Waals surface area contributed by atoms with Crippen LogP contribution in [0, 0.1) is 0 Å². The molecule has 138 valence electrons. The summed E-state index contributed by atoms with van der Waals surface area (Å²) in [5.74, 6) is -1.79. The highest BCUT2D eigenvalue weighted by molar-refractivity contribution is 5.80. The average Bonchev–Trinajstić information content (AvgIpc) is 2.47. The Labute approximate surface area is 141 Å². The number of nitrogens with one attached hydrogen (secondary N) is 1. The van der Waals surface area contributed by atoms with E-state index in [0.717, 1.165) is 12.1 Å². The third kappa shape index (κ3) is 6.26. The standard InChI is InChI=1S/C16H18F3NO5/c17-16(18,19)25-12-3-1-11(2-4-12)9-13(21)20-15(10-14(22)23)5-7-24-8-6-15/h1-4H,5-10H2,(H,20,21)(H,22,23). The normalized spacial score (nSPS) is 16.9. The van der Waals surface area contributed by atoms with Crippen molar-refractivity contribution < 1.29 is 37.3 Å². The first kappa shape index (κ1) is 19.0. The number of carboxylic acid groups (broad SMARTS) is 1. The minimum Gasteiger partial charge on any atom is -0.481 e. The first-order valence-electron chi connectivity index (χ1n) is 7.63. The molecule has 6 nitrogen and oxygen atoms in total. The predicted octanol–water partition coefficient (Wildman–Crippen LogP) is 2.27. The van der Waals surface area contributed by atoms with Crippen molar-refractivity contribution in [2.75, 3.05) is 13.2 Å². The molecule has 9 heteroatoms. The van der Waals surface area contributed by atoms with E-state index in [2.05, 4.69) is 10.1 Å². The van der Waals surface area contributed by atoms with Gasteiger partial charge in [-0.1, -0.05) is 12.1 Å². The van der Waals surface area contributed by atoms with E-state index in [0.29, 0.717) is 31.6 Å². The highest BCUT2D eigenvalue weighted by Crippen LogP contribution is 2.25. The van der Waals surface area contributed by atoms with Crippen molar-refractivity contribution in [3.8, 4) is 5.75 Å². The van der Waals surface area contributed by atoms with Crippen LogP contribution in [0.1, 0.15) is 24.8 Å². The highest BCUT2D eigenvalue weighted by atomic mass is 19.4. The van der Waals surface area contributed by atoms with E-state index in [1.165, 1.54) is 12.1 Å². The van der Waals surface area contributed by atoms with E-state index in [9.17, 15) is 22.8 Å². The molecule has 1 aromatic carbocycles. The molecule has 2 rings (SSSR count). The molecule has 1 heterocycles. The van der Waals surface area contributed by atoms with E-state index in [-0.39, 0.29) is 18.6 Å². The van der Waals surface area contributed by atoms with Crippen LogP contribution in [0.3, 0.4) is 0 Å². The van der Waals surface area contributed by atoms with Crippen molar-refractivity contribution in [3.05, 3.63) is 29.8 Å². The zero-order chi connectivity index (χ0) is 18.5. The Hall–Kier alpha value is -2.29. The van der Waals surface area contributed by atoms with Crippen LogP contribution in [0.25, 0.3) is 0 Å². The number of rotatable bonds is 6. The first-order chi connectivity index (χ1) is 11.7. The van der Waals surface area contributed by atoms with Crippen molar-refractivity contribution in [2.24, 2.45) is 0 Å². The molecule has 1 aliphatic heterocycles. The molecule has 2 N–H and O–H groups in total. The summed E-state index contributed by atoms with van der Waals surface area (Å²) in [6.07, 6.45) is -4.27. The molecule has 1 fully saturated rings. The van der Waals surface area contributed by atoms with Gasteiger partial charge in [-0.25, -0.2) is 0 Å². The number of carboxylic acids is 1. The third-order valence-electron chi connectivity index (χ3n) is 3.87. The molecular formula is C16H18F3NO5. The molecule has 0 aromatic heterocycles. The number of hydrogen-bond acceptors (Lipinski definition) is 4. The maximum Gasteiger partial charge on any atom is 0.573 e. The third-order valence-corrected chi connectivity index (χ3v) is 3.87. The Balaban J connectivity index is 1.97. The average molecular weight is 361 g/mol. The minimum atomic E-state index is -4.77. The summed E-state index contributed by atoms with van der Waals surface area (Å²) in [6, 6.07) is 4.96. The van der Waals surface area contributed by atoms with Gasteiger partial charge in [0.15, 0.2) is 0 Å². The number of aliphatic carboxylic acids is 1. The van der Waals surface area contributed by atoms with Crippen molar-refractivity contribution in [1.29, 1.82) is 0 Å². The second-order valence-corrected chi connectivity index (χ2v) is 5.88. The predicted molar refractivity (Wildman–Crippen MR) is 80.0 cm³/mol. The van der Waals surface area contributed by atoms with E-state index in [1.807, 2.05) is 0 Å². The lowest BCUT2D eigenvalue weighted by molar-refractivity contribution is -0.274. The highest BCUT2D eigenvalue weighted by Gasteiger charge is 2.36. The molecule has 1 aromatic rings.